The van der Waals surface area contributed by atoms with Crippen molar-refractivity contribution in [3.05, 3.63) is 47.2 Å². The summed E-state index contributed by atoms with van der Waals surface area (Å²) < 4.78 is 27.6. The van der Waals surface area contributed by atoms with Crippen LogP contribution in [0.3, 0.4) is 0 Å². The van der Waals surface area contributed by atoms with Crippen LogP contribution in [-0.4, -0.2) is 16.0 Å². The third kappa shape index (κ3) is 2.44. The van der Waals surface area contributed by atoms with Gasteiger partial charge >= 0.3 is 0 Å². The summed E-state index contributed by atoms with van der Waals surface area (Å²) in [5, 5.41) is 8.01. The van der Waals surface area contributed by atoms with E-state index in [4.69, 9.17) is 0 Å². The Bertz CT molecular complexity index is 695. The Kier molecular flexibility index (Phi) is 3.49. The lowest BCUT2D eigenvalue weighted by Crippen LogP contribution is -2.19. The first-order valence-electron chi connectivity index (χ1n) is 6.89. The minimum Gasteiger partial charge on any atom is -0.299 e. The van der Waals surface area contributed by atoms with Crippen LogP contribution in [0.1, 0.15) is 36.9 Å². The van der Waals surface area contributed by atoms with Crippen LogP contribution in [0.5, 0.6) is 0 Å². The molecule has 0 fully saturated rings. The topological polar surface area (TPSA) is 42.9 Å². The molecule has 1 aliphatic carbocycles. The van der Waals surface area contributed by atoms with Crippen molar-refractivity contribution < 1.29 is 13.6 Å². The number of carbonyl (C=O) groups excluding carboxylic acids is 1. The molecule has 0 radical (unpaired) electrons. The van der Waals surface area contributed by atoms with Crippen LogP contribution in [0.25, 0.3) is 11.3 Å². The van der Waals surface area contributed by atoms with Gasteiger partial charge in [0, 0.05) is 0 Å². The highest BCUT2D eigenvalue weighted by molar-refractivity contribution is 5.83. The van der Waals surface area contributed by atoms with Gasteiger partial charge in [0.2, 0.25) is 0 Å². The summed E-state index contributed by atoms with van der Waals surface area (Å²) >= 11 is 0. The summed E-state index contributed by atoms with van der Waals surface area (Å²) in [4.78, 5) is 11.6. The number of ketones is 1. The molecule has 1 atom stereocenters. The molecule has 2 aromatic rings. The molecular formula is C16H14F2N2O. The SMILES string of the molecule is CC(=O)C1CCCc2cc(-c3c(F)cccc3F)nnc21. The van der Waals surface area contributed by atoms with Gasteiger partial charge in [-0.1, -0.05) is 6.07 Å². The van der Waals surface area contributed by atoms with Crippen molar-refractivity contribution in [2.45, 2.75) is 32.1 Å². The van der Waals surface area contributed by atoms with Crippen LogP contribution >= 0.6 is 0 Å². The monoisotopic (exact) mass is 288 g/mol. The Balaban J connectivity index is 2.10. The molecule has 108 valence electrons. The average molecular weight is 288 g/mol. The van der Waals surface area contributed by atoms with Crippen LogP contribution in [0, 0.1) is 11.6 Å². The molecule has 1 heterocycles. The molecule has 0 amide bonds. The number of fused-ring (bicyclic) bond motifs is 1. The quantitative estimate of drug-likeness (QED) is 0.850. The molecule has 5 heteroatoms. The molecule has 1 unspecified atom stereocenters. The van der Waals surface area contributed by atoms with E-state index in [0.29, 0.717) is 5.69 Å². The van der Waals surface area contributed by atoms with Crippen LogP contribution in [-0.2, 0) is 11.2 Å². The fraction of sp³-hybridized carbons (Fsp3) is 0.312. The van der Waals surface area contributed by atoms with Crippen LogP contribution in [0.2, 0.25) is 0 Å². The molecule has 0 spiro atoms. The number of hydrogen-bond acceptors (Lipinski definition) is 3. The number of rotatable bonds is 2. The smallest absolute Gasteiger partial charge is 0.138 e. The second-order valence-corrected chi connectivity index (χ2v) is 5.29. The Hall–Kier alpha value is -2.17. The van der Waals surface area contributed by atoms with E-state index in [9.17, 15) is 13.6 Å². The van der Waals surface area contributed by atoms with Gasteiger partial charge < -0.3 is 0 Å². The van der Waals surface area contributed by atoms with Crippen LogP contribution < -0.4 is 0 Å². The summed E-state index contributed by atoms with van der Waals surface area (Å²) in [7, 11) is 0. The third-order valence-corrected chi connectivity index (χ3v) is 3.88. The second-order valence-electron chi connectivity index (χ2n) is 5.29. The lowest BCUT2D eigenvalue weighted by atomic mass is 9.84. The molecule has 0 aliphatic heterocycles. The number of aromatic nitrogens is 2. The summed E-state index contributed by atoms with van der Waals surface area (Å²) in [6, 6.07) is 5.35. The largest absolute Gasteiger partial charge is 0.299 e. The normalized spacial score (nSPS) is 17.4. The second kappa shape index (κ2) is 5.31. The Morgan fingerprint density at radius 1 is 1.24 bits per heavy atom. The lowest BCUT2D eigenvalue weighted by Gasteiger charge is -2.22. The van der Waals surface area contributed by atoms with E-state index in [1.807, 2.05) is 0 Å². The van der Waals surface area contributed by atoms with E-state index in [2.05, 4.69) is 10.2 Å². The Morgan fingerprint density at radius 3 is 2.62 bits per heavy atom. The van der Waals surface area contributed by atoms with Gasteiger partial charge in [-0.15, -0.1) is 5.10 Å². The zero-order valence-corrected chi connectivity index (χ0v) is 11.6. The van der Waals surface area contributed by atoms with Crippen molar-refractivity contribution >= 4 is 5.78 Å². The van der Waals surface area contributed by atoms with Gasteiger partial charge in [0.25, 0.3) is 0 Å². The highest BCUT2D eigenvalue weighted by Crippen LogP contribution is 2.33. The average Bonchev–Trinajstić information content (AvgIpc) is 2.46. The van der Waals surface area contributed by atoms with E-state index >= 15 is 0 Å². The standard InChI is InChI=1S/C16H14F2N2O/c1-9(21)11-5-2-4-10-8-14(19-20-16(10)11)15-12(17)6-3-7-13(15)18/h3,6-8,11H,2,4-5H2,1H3. The molecule has 21 heavy (non-hydrogen) atoms. The molecule has 1 aliphatic rings. The molecule has 0 bridgehead atoms. The maximum absolute atomic E-state index is 13.8. The van der Waals surface area contributed by atoms with Crippen LogP contribution in [0.15, 0.2) is 24.3 Å². The third-order valence-electron chi connectivity index (χ3n) is 3.88. The highest BCUT2D eigenvalue weighted by Gasteiger charge is 2.27. The molecule has 1 aromatic heterocycles. The molecule has 0 saturated carbocycles. The van der Waals surface area contributed by atoms with Gasteiger partial charge in [-0.25, -0.2) is 8.78 Å². The van der Waals surface area contributed by atoms with Gasteiger partial charge in [-0.3, -0.25) is 4.79 Å². The van der Waals surface area contributed by atoms with Gasteiger partial charge in [0.1, 0.15) is 17.4 Å². The number of halogens is 2. The minimum absolute atomic E-state index is 0.0510. The van der Waals surface area contributed by atoms with Crippen molar-refractivity contribution in [1.29, 1.82) is 0 Å². The number of Topliss-reactive ketones (excluding diaryl/α,β-unsaturated/α-hetero) is 1. The summed E-state index contributed by atoms with van der Waals surface area (Å²) in [5.41, 5.74) is 1.51. The van der Waals surface area contributed by atoms with Crippen LogP contribution in [0.4, 0.5) is 8.78 Å². The maximum atomic E-state index is 13.8. The molecule has 3 nitrogen and oxygen atoms in total. The number of carbonyl (C=O) groups is 1. The maximum Gasteiger partial charge on any atom is 0.138 e. The predicted octanol–water partition coefficient (Wildman–Crippen LogP) is 3.43. The first-order valence-corrected chi connectivity index (χ1v) is 6.89. The lowest BCUT2D eigenvalue weighted by molar-refractivity contribution is -0.118. The zero-order valence-electron chi connectivity index (χ0n) is 11.6. The zero-order chi connectivity index (χ0) is 15.0. The molecule has 3 rings (SSSR count). The van der Waals surface area contributed by atoms with Crippen molar-refractivity contribution in [2.24, 2.45) is 0 Å². The summed E-state index contributed by atoms with van der Waals surface area (Å²) in [5.74, 6) is -1.53. The molecule has 0 N–H and O–H groups in total. The fourth-order valence-electron chi connectivity index (χ4n) is 2.83. The van der Waals surface area contributed by atoms with Gasteiger partial charge in [0.05, 0.1) is 22.9 Å². The van der Waals surface area contributed by atoms with Crippen molar-refractivity contribution in [1.82, 2.24) is 10.2 Å². The van der Waals surface area contributed by atoms with E-state index in [1.54, 1.807) is 6.07 Å². The number of aryl methyl sites for hydroxylation is 1. The first-order chi connectivity index (χ1) is 10.1. The number of hydrogen-bond donors (Lipinski definition) is 0. The summed E-state index contributed by atoms with van der Waals surface area (Å²) in [6.07, 6.45) is 2.37. The number of nitrogens with zero attached hydrogens (tertiary/aromatic N) is 2. The highest BCUT2D eigenvalue weighted by atomic mass is 19.1. The molecule has 0 saturated heterocycles. The van der Waals surface area contributed by atoms with E-state index < -0.39 is 11.6 Å². The Labute approximate surface area is 121 Å². The van der Waals surface area contributed by atoms with E-state index in [-0.39, 0.29) is 23.0 Å². The van der Waals surface area contributed by atoms with E-state index in [0.717, 1.165) is 24.8 Å². The van der Waals surface area contributed by atoms with Crippen molar-refractivity contribution in [3.8, 4) is 11.3 Å². The predicted molar refractivity (Wildman–Crippen MR) is 73.7 cm³/mol. The van der Waals surface area contributed by atoms with Crippen molar-refractivity contribution in [3.63, 3.8) is 0 Å². The fourth-order valence-corrected chi connectivity index (χ4v) is 2.83. The van der Waals surface area contributed by atoms with Gasteiger partial charge in [-0.05, 0) is 49.9 Å². The van der Waals surface area contributed by atoms with Gasteiger partial charge in [0.15, 0.2) is 0 Å². The van der Waals surface area contributed by atoms with Gasteiger partial charge in [-0.2, -0.15) is 5.10 Å². The van der Waals surface area contributed by atoms with Crippen molar-refractivity contribution in [2.75, 3.05) is 0 Å². The first kappa shape index (κ1) is 13.8. The molecule has 1 aromatic carbocycles. The minimum atomic E-state index is -0.664. The molecular weight excluding hydrogens is 274 g/mol. The Morgan fingerprint density at radius 2 is 1.95 bits per heavy atom. The summed E-state index contributed by atoms with van der Waals surface area (Å²) in [6.45, 7) is 1.53. The number of benzene rings is 1. The van der Waals surface area contributed by atoms with E-state index in [1.165, 1.54) is 25.1 Å².